The molecule has 0 amide bonds. The summed E-state index contributed by atoms with van der Waals surface area (Å²) in [4.78, 5) is 0. The number of hydrogen-bond donors (Lipinski definition) is 3. The third-order valence-corrected chi connectivity index (χ3v) is 5.95. The van der Waals surface area contributed by atoms with Crippen molar-refractivity contribution < 1.29 is 18.6 Å². The second-order valence-corrected chi connectivity index (χ2v) is 7.66. The zero-order valence-corrected chi connectivity index (χ0v) is 11.9. The third kappa shape index (κ3) is 2.37. The lowest BCUT2D eigenvalue weighted by atomic mass is 9.90. The van der Waals surface area contributed by atoms with E-state index in [4.69, 9.17) is 0 Å². The highest BCUT2D eigenvalue weighted by Gasteiger charge is 2.58. The van der Waals surface area contributed by atoms with Crippen LogP contribution in [0.5, 0.6) is 0 Å². The van der Waals surface area contributed by atoms with Gasteiger partial charge in [-0.3, -0.25) is 0 Å². The van der Waals surface area contributed by atoms with Gasteiger partial charge >= 0.3 is 0 Å². The van der Waals surface area contributed by atoms with E-state index in [1.54, 1.807) is 24.3 Å². The van der Waals surface area contributed by atoms with Gasteiger partial charge in [-0.1, -0.05) is 30.3 Å². The van der Waals surface area contributed by atoms with Crippen molar-refractivity contribution in [2.24, 2.45) is 5.92 Å². The smallest absolute Gasteiger partial charge is 0.216 e. The Bertz CT molecular complexity index is 588. The van der Waals surface area contributed by atoms with Crippen LogP contribution in [0.2, 0.25) is 0 Å². The van der Waals surface area contributed by atoms with Crippen molar-refractivity contribution in [2.45, 2.75) is 42.8 Å². The molecule has 3 N–H and O–H groups in total. The molecule has 0 aliphatic heterocycles. The lowest BCUT2D eigenvalue weighted by Crippen LogP contribution is -2.56. The van der Waals surface area contributed by atoms with Crippen LogP contribution in [0.25, 0.3) is 0 Å². The Kier molecular flexibility index (Phi) is 3.36. The van der Waals surface area contributed by atoms with Crippen LogP contribution < -0.4 is 4.72 Å². The molecule has 20 heavy (non-hydrogen) atoms. The van der Waals surface area contributed by atoms with Crippen LogP contribution in [0, 0.1) is 5.92 Å². The van der Waals surface area contributed by atoms with E-state index in [-0.39, 0.29) is 11.7 Å². The summed E-state index contributed by atoms with van der Waals surface area (Å²) in [5.41, 5.74) is -0.170. The number of fused-ring (bicyclic) bond motifs is 2. The Labute approximate surface area is 118 Å². The Hall–Kier alpha value is -0.950. The van der Waals surface area contributed by atoms with Crippen LogP contribution in [0.15, 0.2) is 30.3 Å². The maximum absolute atomic E-state index is 12.3. The van der Waals surface area contributed by atoms with E-state index in [9.17, 15) is 18.6 Å². The average Bonchev–Trinajstić information content (AvgIpc) is 2.89. The predicted molar refractivity (Wildman–Crippen MR) is 74.3 cm³/mol. The summed E-state index contributed by atoms with van der Waals surface area (Å²) in [7, 11) is -3.54. The first-order chi connectivity index (χ1) is 9.42. The van der Waals surface area contributed by atoms with Crippen LogP contribution in [0.1, 0.15) is 24.8 Å². The quantitative estimate of drug-likeness (QED) is 0.750. The van der Waals surface area contributed by atoms with E-state index in [1.807, 2.05) is 6.07 Å². The van der Waals surface area contributed by atoms with Crippen LogP contribution in [0.3, 0.4) is 0 Å². The van der Waals surface area contributed by atoms with Gasteiger partial charge in [0.15, 0.2) is 0 Å². The summed E-state index contributed by atoms with van der Waals surface area (Å²) in [6, 6.07) is 8.94. The Balaban J connectivity index is 1.77. The summed E-state index contributed by atoms with van der Waals surface area (Å²) < 4.78 is 27.2. The van der Waals surface area contributed by atoms with Crippen molar-refractivity contribution in [3.05, 3.63) is 35.9 Å². The van der Waals surface area contributed by atoms with Crippen LogP contribution >= 0.6 is 0 Å². The standard InChI is InChI=1S/C14H19NO4S/c16-12-11-6-7-14(8-11,13(12)17)15-20(18,19)9-10-4-2-1-3-5-10/h1-5,11-13,15-17H,6-9H2/t11?,12-,13-,14?/m0/s1. The van der Waals surface area contributed by atoms with Gasteiger partial charge in [-0.15, -0.1) is 0 Å². The minimum atomic E-state index is -3.54. The molecule has 2 saturated carbocycles. The maximum atomic E-state index is 12.3. The van der Waals surface area contributed by atoms with Crippen molar-refractivity contribution >= 4 is 10.0 Å². The van der Waals surface area contributed by atoms with Gasteiger partial charge in [-0.2, -0.15) is 0 Å². The number of aliphatic hydroxyl groups is 2. The molecule has 2 aliphatic carbocycles. The second kappa shape index (κ2) is 4.80. The van der Waals surface area contributed by atoms with E-state index < -0.39 is 27.8 Å². The molecule has 2 aliphatic rings. The Morgan fingerprint density at radius 2 is 1.95 bits per heavy atom. The summed E-state index contributed by atoms with van der Waals surface area (Å²) in [5.74, 6) is -0.104. The number of aliphatic hydroxyl groups excluding tert-OH is 2. The molecule has 0 spiro atoms. The van der Waals surface area contributed by atoms with E-state index in [0.717, 1.165) is 6.42 Å². The molecule has 0 radical (unpaired) electrons. The van der Waals surface area contributed by atoms with Gasteiger partial charge in [0, 0.05) is 0 Å². The Morgan fingerprint density at radius 3 is 2.55 bits per heavy atom. The number of benzene rings is 1. The fourth-order valence-corrected chi connectivity index (χ4v) is 5.18. The van der Waals surface area contributed by atoms with Gasteiger partial charge < -0.3 is 10.2 Å². The summed E-state index contributed by atoms with van der Waals surface area (Å²) >= 11 is 0. The van der Waals surface area contributed by atoms with Crippen LogP contribution in [0.4, 0.5) is 0 Å². The maximum Gasteiger partial charge on any atom is 0.216 e. The first kappa shape index (κ1) is 14.0. The molecule has 1 aromatic carbocycles. The number of nitrogens with one attached hydrogen (secondary N) is 1. The van der Waals surface area contributed by atoms with Crippen molar-refractivity contribution in [1.82, 2.24) is 4.72 Å². The zero-order chi connectivity index (χ0) is 14.4. The average molecular weight is 297 g/mol. The fourth-order valence-electron chi connectivity index (χ4n) is 3.55. The molecular weight excluding hydrogens is 278 g/mol. The molecule has 2 unspecified atom stereocenters. The first-order valence-corrected chi connectivity index (χ1v) is 8.49. The molecule has 0 saturated heterocycles. The molecular formula is C14H19NO4S. The first-order valence-electron chi connectivity index (χ1n) is 6.84. The minimum Gasteiger partial charge on any atom is -0.390 e. The minimum absolute atomic E-state index is 0.00410. The number of hydrogen-bond acceptors (Lipinski definition) is 4. The molecule has 4 atom stereocenters. The fraction of sp³-hybridized carbons (Fsp3) is 0.571. The van der Waals surface area contributed by atoms with Crippen LogP contribution in [-0.2, 0) is 15.8 Å². The summed E-state index contributed by atoms with van der Waals surface area (Å²) in [6.07, 6.45) is 0.0364. The molecule has 1 aromatic rings. The summed E-state index contributed by atoms with van der Waals surface area (Å²) in [5, 5.41) is 19.9. The highest BCUT2D eigenvalue weighted by molar-refractivity contribution is 7.88. The van der Waals surface area contributed by atoms with Crippen molar-refractivity contribution in [3.63, 3.8) is 0 Å². The van der Waals surface area contributed by atoms with E-state index in [0.29, 0.717) is 18.4 Å². The largest absolute Gasteiger partial charge is 0.390 e. The van der Waals surface area contributed by atoms with Gasteiger partial charge in [0.25, 0.3) is 0 Å². The third-order valence-electron chi connectivity index (χ3n) is 4.52. The van der Waals surface area contributed by atoms with Crippen molar-refractivity contribution in [3.8, 4) is 0 Å². The van der Waals surface area contributed by atoms with Gasteiger partial charge in [0.2, 0.25) is 10.0 Å². The number of rotatable bonds is 4. The molecule has 6 heteroatoms. The monoisotopic (exact) mass is 297 g/mol. The SMILES string of the molecule is O=S(=O)(Cc1ccccc1)NC12CCC(C1)[C@H](O)[C@@H]2O. The molecule has 5 nitrogen and oxygen atoms in total. The topological polar surface area (TPSA) is 86.6 Å². The Morgan fingerprint density at radius 1 is 1.25 bits per heavy atom. The van der Waals surface area contributed by atoms with Crippen LogP contribution in [-0.4, -0.2) is 36.4 Å². The van der Waals surface area contributed by atoms with Crippen molar-refractivity contribution in [1.29, 1.82) is 0 Å². The zero-order valence-electron chi connectivity index (χ0n) is 11.1. The lowest BCUT2D eigenvalue weighted by Gasteiger charge is -2.34. The number of sulfonamides is 1. The molecule has 2 bridgehead atoms. The van der Waals surface area contributed by atoms with E-state index in [1.165, 1.54) is 0 Å². The van der Waals surface area contributed by atoms with Gasteiger partial charge in [0.05, 0.1) is 23.5 Å². The normalized spacial score (nSPS) is 36.4. The lowest BCUT2D eigenvalue weighted by molar-refractivity contribution is -0.0283. The second-order valence-electron chi connectivity index (χ2n) is 5.94. The highest BCUT2D eigenvalue weighted by Crippen LogP contribution is 2.48. The summed E-state index contributed by atoms with van der Waals surface area (Å²) in [6.45, 7) is 0. The van der Waals surface area contributed by atoms with Gasteiger partial charge in [-0.05, 0) is 30.7 Å². The van der Waals surface area contributed by atoms with Gasteiger partial charge in [0.1, 0.15) is 0 Å². The van der Waals surface area contributed by atoms with E-state index in [2.05, 4.69) is 4.72 Å². The van der Waals surface area contributed by atoms with Gasteiger partial charge in [-0.25, -0.2) is 13.1 Å². The molecule has 0 heterocycles. The van der Waals surface area contributed by atoms with Crippen molar-refractivity contribution in [2.75, 3.05) is 0 Å². The predicted octanol–water partition coefficient (Wildman–Crippen LogP) is 0.380. The molecule has 0 aromatic heterocycles. The molecule has 2 fully saturated rings. The molecule has 110 valence electrons. The molecule has 3 rings (SSSR count). The highest BCUT2D eigenvalue weighted by atomic mass is 32.2. The van der Waals surface area contributed by atoms with E-state index >= 15 is 0 Å².